The number of rotatable bonds is 1. The van der Waals surface area contributed by atoms with Gasteiger partial charge in [-0.15, -0.1) is 11.6 Å². The molecule has 1 amide bonds. The molecule has 0 radical (unpaired) electrons. The zero-order valence-corrected chi connectivity index (χ0v) is 11.8. The molecule has 2 heterocycles. The maximum atomic E-state index is 14.0. The van der Waals surface area contributed by atoms with E-state index >= 15 is 0 Å². The van der Waals surface area contributed by atoms with E-state index in [1.165, 1.54) is 12.1 Å². The minimum Gasteiger partial charge on any atom is -0.332 e. The number of halogens is 3. The number of fused-ring (bicyclic) bond motifs is 2. The lowest BCUT2D eigenvalue weighted by Gasteiger charge is -2.37. The Bertz CT molecular complexity index is 508. The molecule has 2 aliphatic heterocycles. The molecule has 1 aromatic rings. The maximum absolute atomic E-state index is 14.0. The van der Waals surface area contributed by atoms with E-state index < -0.39 is 5.82 Å². The third kappa shape index (κ3) is 2.23. The number of hydrogen-bond acceptors (Lipinski definition) is 1. The van der Waals surface area contributed by atoms with Crippen LogP contribution in [0.2, 0.25) is 5.02 Å². The molecule has 0 aromatic heterocycles. The summed E-state index contributed by atoms with van der Waals surface area (Å²) in [6.07, 6.45) is 3.52. The molecule has 102 valence electrons. The van der Waals surface area contributed by atoms with Gasteiger partial charge in [-0.3, -0.25) is 4.79 Å². The molecule has 0 saturated carbocycles. The lowest BCUT2D eigenvalue weighted by molar-refractivity contribution is 0.0595. The molecule has 2 fully saturated rings. The van der Waals surface area contributed by atoms with Gasteiger partial charge in [0.25, 0.3) is 5.91 Å². The van der Waals surface area contributed by atoms with Crippen LogP contribution in [0.15, 0.2) is 18.2 Å². The molecule has 3 rings (SSSR count). The van der Waals surface area contributed by atoms with Crippen LogP contribution in [0.3, 0.4) is 0 Å². The van der Waals surface area contributed by atoms with Gasteiger partial charge in [-0.2, -0.15) is 0 Å². The van der Waals surface area contributed by atoms with Crippen molar-refractivity contribution in [1.29, 1.82) is 0 Å². The molecule has 0 spiro atoms. The lowest BCUT2D eigenvalue weighted by Crippen LogP contribution is -2.47. The van der Waals surface area contributed by atoms with Gasteiger partial charge in [0, 0.05) is 17.5 Å². The molecular weight excluding hydrogens is 288 g/mol. The predicted octanol–water partition coefficient (Wildman–Crippen LogP) is 3.85. The van der Waals surface area contributed by atoms with Gasteiger partial charge < -0.3 is 4.90 Å². The van der Waals surface area contributed by atoms with Crippen LogP contribution in [0.4, 0.5) is 4.39 Å². The molecule has 2 nitrogen and oxygen atoms in total. The van der Waals surface area contributed by atoms with Crippen molar-refractivity contribution in [2.75, 3.05) is 0 Å². The second-order valence-electron chi connectivity index (χ2n) is 5.27. The van der Waals surface area contributed by atoms with Crippen LogP contribution in [-0.2, 0) is 0 Å². The summed E-state index contributed by atoms with van der Waals surface area (Å²) in [5.41, 5.74) is 0.0671. The summed E-state index contributed by atoms with van der Waals surface area (Å²) < 4.78 is 14.0. The van der Waals surface area contributed by atoms with Crippen LogP contribution >= 0.6 is 23.2 Å². The number of alkyl halides is 1. The number of piperidine rings is 1. The SMILES string of the molecule is O=C(c1cccc(Cl)c1F)N1C2CCC1CC(Cl)C2. The van der Waals surface area contributed by atoms with E-state index in [2.05, 4.69) is 0 Å². The topological polar surface area (TPSA) is 20.3 Å². The summed E-state index contributed by atoms with van der Waals surface area (Å²) in [6.45, 7) is 0. The number of carbonyl (C=O) groups is 1. The van der Waals surface area contributed by atoms with E-state index in [4.69, 9.17) is 23.2 Å². The Hall–Kier alpha value is -0.800. The Morgan fingerprint density at radius 3 is 2.53 bits per heavy atom. The van der Waals surface area contributed by atoms with Crippen LogP contribution in [0.1, 0.15) is 36.0 Å². The molecule has 2 unspecified atom stereocenters. The quantitative estimate of drug-likeness (QED) is 0.722. The van der Waals surface area contributed by atoms with Gasteiger partial charge >= 0.3 is 0 Å². The van der Waals surface area contributed by atoms with Gasteiger partial charge in [0.15, 0.2) is 5.82 Å². The van der Waals surface area contributed by atoms with E-state index in [0.29, 0.717) is 0 Å². The number of amides is 1. The molecule has 2 aliphatic rings. The smallest absolute Gasteiger partial charge is 0.257 e. The van der Waals surface area contributed by atoms with Crippen molar-refractivity contribution >= 4 is 29.1 Å². The third-order valence-electron chi connectivity index (χ3n) is 4.09. The van der Waals surface area contributed by atoms with E-state index in [-0.39, 0.29) is 34.0 Å². The summed E-state index contributed by atoms with van der Waals surface area (Å²) in [7, 11) is 0. The molecule has 0 N–H and O–H groups in total. The highest BCUT2D eigenvalue weighted by Gasteiger charge is 2.43. The fourth-order valence-electron chi connectivity index (χ4n) is 3.25. The van der Waals surface area contributed by atoms with Gasteiger partial charge in [-0.05, 0) is 37.8 Å². The van der Waals surface area contributed by atoms with E-state index in [9.17, 15) is 9.18 Å². The van der Waals surface area contributed by atoms with E-state index in [1.54, 1.807) is 6.07 Å². The van der Waals surface area contributed by atoms with E-state index in [0.717, 1.165) is 25.7 Å². The minimum atomic E-state index is -0.624. The van der Waals surface area contributed by atoms with Crippen LogP contribution in [0, 0.1) is 5.82 Å². The minimum absolute atomic E-state index is 0.00886. The molecular formula is C14H14Cl2FNO. The second-order valence-corrected chi connectivity index (χ2v) is 6.29. The van der Waals surface area contributed by atoms with Crippen LogP contribution in [0.5, 0.6) is 0 Å². The Kier molecular flexibility index (Phi) is 3.44. The molecule has 2 atom stereocenters. The van der Waals surface area contributed by atoms with Crippen molar-refractivity contribution in [2.24, 2.45) is 0 Å². The fraction of sp³-hybridized carbons (Fsp3) is 0.500. The summed E-state index contributed by atoms with van der Waals surface area (Å²) in [5, 5.41) is 0.121. The summed E-state index contributed by atoms with van der Waals surface area (Å²) >= 11 is 11.9. The number of nitrogens with zero attached hydrogens (tertiary/aromatic N) is 1. The highest BCUT2D eigenvalue weighted by Crippen LogP contribution is 2.39. The number of hydrogen-bond donors (Lipinski definition) is 0. The Labute approximate surface area is 121 Å². The average molecular weight is 302 g/mol. The number of carbonyl (C=O) groups excluding carboxylic acids is 1. The van der Waals surface area contributed by atoms with Gasteiger partial charge in [0.2, 0.25) is 0 Å². The molecule has 2 bridgehead atoms. The highest BCUT2D eigenvalue weighted by molar-refractivity contribution is 6.31. The molecule has 19 heavy (non-hydrogen) atoms. The highest BCUT2D eigenvalue weighted by atomic mass is 35.5. The summed E-state index contributed by atoms with van der Waals surface area (Å²) in [5.74, 6) is -0.877. The van der Waals surface area contributed by atoms with Crippen LogP contribution in [0.25, 0.3) is 0 Å². The standard InChI is InChI=1S/C14H14Cl2FNO/c15-8-6-9-4-5-10(7-8)18(9)14(19)11-2-1-3-12(16)13(11)17/h1-3,8-10H,4-7H2. The van der Waals surface area contributed by atoms with Gasteiger partial charge in [-0.25, -0.2) is 4.39 Å². The number of benzene rings is 1. The van der Waals surface area contributed by atoms with Crippen molar-refractivity contribution in [3.63, 3.8) is 0 Å². The first-order valence-corrected chi connectivity index (χ1v) is 7.30. The van der Waals surface area contributed by atoms with Crippen molar-refractivity contribution in [3.8, 4) is 0 Å². The normalized spacial score (nSPS) is 29.6. The van der Waals surface area contributed by atoms with Crippen molar-refractivity contribution in [3.05, 3.63) is 34.6 Å². The summed E-state index contributed by atoms with van der Waals surface area (Å²) in [6, 6.07) is 4.84. The maximum Gasteiger partial charge on any atom is 0.257 e. The van der Waals surface area contributed by atoms with Gasteiger partial charge in [0.05, 0.1) is 10.6 Å². The summed E-state index contributed by atoms with van der Waals surface area (Å²) in [4.78, 5) is 14.3. The third-order valence-corrected chi connectivity index (χ3v) is 4.74. The lowest BCUT2D eigenvalue weighted by atomic mass is 10.0. The Morgan fingerprint density at radius 2 is 1.89 bits per heavy atom. The first-order valence-electron chi connectivity index (χ1n) is 6.48. The first kappa shape index (κ1) is 13.2. The fourth-order valence-corrected chi connectivity index (χ4v) is 3.84. The van der Waals surface area contributed by atoms with Gasteiger partial charge in [-0.1, -0.05) is 17.7 Å². The Balaban J connectivity index is 1.91. The Morgan fingerprint density at radius 1 is 1.26 bits per heavy atom. The monoisotopic (exact) mass is 301 g/mol. The van der Waals surface area contributed by atoms with E-state index in [1.807, 2.05) is 4.90 Å². The molecule has 2 saturated heterocycles. The average Bonchev–Trinajstić information content (AvgIpc) is 2.64. The first-order chi connectivity index (χ1) is 9.08. The zero-order valence-electron chi connectivity index (χ0n) is 10.3. The zero-order chi connectivity index (χ0) is 13.6. The molecule has 1 aromatic carbocycles. The van der Waals surface area contributed by atoms with Crippen molar-refractivity contribution < 1.29 is 9.18 Å². The largest absolute Gasteiger partial charge is 0.332 e. The van der Waals surface area contributed by atoms with Crippen molar-refractivity contribution in [2.45, 2.75) is 43.1 Å². The van der Waals surface area contributed by atoms with Crippen LogP contribution in [-0.4, -0.2) is 28.3 Å². The van der Waals surface area contributed by atoms with Crippen LogP contribution < -0.4 is 0 Å². The van der Waals surface area contributed by atoms with Gasteiger partial charge in [0.1, 0.15) is 0 Å². The predicted molar refractivity (Wildman–Crippen MR) is 73.3 cm³/mol. The molecule has 5 heteroatoms. The second kappa shape index (κ2) is 4.95. The molecule has 0 aliphatic carbocycles. The van der Waals surface area contributed by atoms with Crippen molar-refractivity contribution in [1.82, 2.24) is 4.90 Å².